The zero-order chi connectivity index (χ0) is 20.2. The highest BCUT2D eigenvalue weighted by atomic mass is 32.2. The Hall–Kier alpha value is -1.81. The SMILES string of the molecule is CC(C)(C)S(=O)(=O)Cc1ccc(CCc2cccc(OC3CCCC3)c2)cc1. The summed E-state index contributed by atoms with van der Waals surface area (Å²) in [6.45, 7) is 5.25. The van der Waals surface area contributed by atoms with Crippen LogP contribution in [0.1, 0.15) is 63.1 Å². The third-order valence-corrected chi connectivity index (χ3v) is 8.10. The molecule has 2 aromatic rings. The number of ether oxygens (including phenoxy) is 1. The lowest BCUT2D eigenvalue weighted by Gasteiger charge is -2.19. The molecule has 0 atom stereocenters. The Morgan fingerprint density at radius 3 is 2.14 bits per heavy atom. The van der Waals surface area contributed by atoms with Gasteiger partial charge in [0.25, 0.3) is 0 Å². The molecule has 0 aromatic heterocycles. The maximum atomic E-state index is 12.4. The number of hydrogen-bond acceptors (Lipinski definition) is 3. The van der Waals surface area contributed by atoms with Crippen LogP contribution in [0.2, 0.25) is 0 Å². The highest BCUT2D eigenvalue weighted by Crippen LogP contribution is 2.25. The zero-order valence-corrected chi connectivity index (χ0v) is 18.1. The minimum atomic E-state index is -3.15. The van der Waals surface area contributed by atoms with E-state index in [0.717, 1.165) is 24.2 Å². The van der Waals surface area contributed by atoms with Gasteiger partial charge >= 0.3 is 0 Å². The Morgan fingerprint density at radius 1 is 0.893 bits per heavy atom. The number of sulfone groups is 1. The molecule has 0 N–H and O–H groups in total. The predicted molar refractivity (Wildman–Crippen MR) is 116 cm³/mol. The van der Waals surface area contributed by atoms with Crippen LogP contribution >= 0.6 is 0 Å². The summed E-state index contributed by atoms with van der Waals surface area (Å²) in [4.78, 5) is 0. The van der Waals surface area contributed by atoms with Crippen LogP contribution in [0.4, 0.5) is 0 Å². The van der Waals surface area contributed by atoms with Crippen molar-refractivity contribution in [3.63, 3.8) is 0 Å². The van der Waals surface area contributed by atoms with Gasteiger partial charge < -0.3 is 4.74 Å². The molecule has 3 rings (SSSR count). The Morgan fingerprint density at radius 2 is 1.50 bits per heavy atom. The summed E-state index contributed by atoms with van der Waals surface area (Å²) in [6, 6.07) is 16.4. The van der Waals surface area contributed by atoms with Crippen LogP contribution in [0, 0.1) is 0 Å². The van der Waals surface area contributed by atoms with Gasteiger partial charge in [-0.3, -0.25) is 0 Å². The van der Waals surface area contributed by atoms with Gasteiger partial charge in [0.15, 0.2) is 9.84 Å². The van der Waals surface area contributed by atoms with E-state index in [1.165, 1.54) is 36.8 Å². The van der Waals surface area contributed by atoms with Gasteiger partial charge in [0.05, 0.1) is 16.6 Å². The molecule has 3 nitrogen and oxygen atoms in total. The first-order valence-corrected chi connectivity index (χ1v) is 11.9. The first-order valence-electron chi connectivity index (χ1n) is 10.3. The van der Waals surface area contributed by atoms with Crippen LogP contribution in [-0.4, -0.2) is 19.3 Å². The van der Waals surface area contributed by atoms with Crippen molar-refractivity contribution in [1.29, 1.82) is 0 Å². The van der Waals surface area contributed by atoms with Crippen molar-refractivity contribution in [2.45, 2.75) is 75.9 Å². The third-order valence-electron chi connectivity index (χ3n) is 5.52. The Bertz CT molecular complexity index is 871. The molecule has 1 fully saturated rings. The van der Waals surface area contributed by atoms with Gasteiger partial charge in [0, 0.05) is 0 Å². The maximum absolute atomic E-state index is 12.4. The molecule has 0 bridgehead atoms. The molecule has 28 heavy (non-hydrogen) atoms. The van der Waals surface area contributed by atoms with Crippen LogP contribution in [0.15, 0.2) is 48.5 Å². The molecule has 4 heteroatoms. The third kappa shape index (κ3) is 5.60. The molecule has 0 radical (unpaired) electrons. The fraction of sp³-hybridized carbons (Fsp3) is 0.500. The standard InChI is InChI=1S/C24H32O3S/c1-24(2,3)28(25,26)18-21-15-12-19(13-16-21)11-14-20-7-6-10-23(17-20)27-22-8-4-5-9-22/h6-7,10,12-13,15-17,22H,4-5,8-9,11,14,18H2,1-3H3. The molecule has 0 saturated heterocycles. The van der Waals surface area contributed by atoms with E-state index in [1.807, 2.05) is 30.3 Å². The smallest absolute Gasteiger partial charge is 0.159 e. The molecular weight excluding hydrogens is 368 g/mol. The molecule has 0 unspecified atom stereocenters. The van der Waals surface area contributed by atoms with Crippen molar-refractivity contribution in [3.05, 3.63) is 65.2 Å². The molecule has 1 aliphatic carbocycles. The van der Waals surface area contributed by atoms with Gasteiger partial charge in [-0.25, -0.2) is 8.42 Å². The molecule has 0 spiro atoms. The van der Waals surface area contributed by atoms with Crippen LogP contribution in [0.5, 0.6) is 5.75 Å². The summed E-state index contributed by atoms with van der Waals surface area (Å²) >= 11 is 0. The monoisotopic (exact) mass is 400 g/mol. The van der Waals surface area contributed by atoms with E-state index < -0.39 is 14.6 Å². The first kappa shape index (κ1) is 20.9. The van der Waals surface area contributed by atoms with Crippen molar-refractivity contribution in [1.82, 2.24) is 0 Å². The normalized spacial score (nSPS) is 15.7. The molecule has 0 aliphatic heterocycles. The van der Waals surface area contributed by atoms with E-state index in [9.17, 15) is 8.42 Å². The van der Waals surface area contributed by atoms with Crippen molar-refractivity contribution in [3.8, 4) is 5.75 Å². The number of aryl methyl sites for hydroxylation is 2. The average Bonchev–Trinajstić information content (AvgIpc) is 3.13. The lowest BCUT2D eigenvalue weighted by atomic mass is 10.0. The van der Waals surface area contributed by atoms with Crippen molar-refractivity contribution < 1.29 is 13.2 Å². The summed E-state index contributed by atoms with van der Waals surface area (Å²) < 4.78 is 30.1. The van der Waals surface area contributed by atoms with E-state index >= 15 is 0 Å². The Balaban J connectivity index is 1.56. The second-order valence-corrected chi connectivity index (χ2v) is 11.6. The van der Waals surface area contributed by atoms with Gasteiger partial charge in [-0.1, -0.05) is 36.4 Å². The number of benzene rings is 2. The van der Waals surface area contributed by atoms with Crippen LogP contribution in [-0.2, 0) is 28.4 Å². The molecule has 1 saturated carbocycles. The second kappa shape index (κ2) is 8.69. The van der Waals surface area contributed by atoms with Crippen molar-refractivity contribution in [2.75, 3.05) is 0 Å². The predicted octanol–water partition coefficient (Wildman–Crippen LogP) is 5.51. The Labute approximate surface area is 170 Å². The second-order valence-electron chi connectivity index (χ2n) is 8.86. The molecule has 1 aliphatic rings. The molecule has 0 heterocycles. The molecule has 0 amide bonds. The highest BCUT2D eigenvalue weighted by molar-refractivity contribution is 7.91. The van der Waals surface area contributed by atoms with Gasteiger partial charge in [0.1, 0.15) is 5.75 Å². The summed E-state index contributed by atoms with van der Waals surface area (Å²) in [7, 11) is -3.15. The van der Waals surface area contributed by atoms with Gasteiger partial charge in [0.2, 0.25) is 0 Å². The van der Waals surface area contributed by atoms with Crippen molar-refractivity contribution >= 4 is 9.84 Å². The number of rotatable bonds is 7. The zero-order valence-electron chi connectivity index (χ0n) is 17.3. The van der Waals surface area contributed by atoms with Crippen LogP contribution in [0.25, 0.3) is 0 Å². The van der Waals surface area contributed by atoms with Gasteiger partial charge in [-0.2, -0.15) is 0 Å². The van der Waals surface area contributed by atoms with Crippen molar-refractivity contribution in [2.24, 2.45) is 0 Å². The Kier molecular flexibility index (Phi) is 6.49. The fourth-order valence-electron chi connectivity index (χ4n) is 3.50. The van der Waals surface area contributed by atoms with E-state index in [1.54, 1.807) is 20.8 Å². The highest BCUT2D eigenvalue weighted by Gasteiger charge is 2.28. The molecule has 152 valence electrons. The lowest BCUT2D eigenvalue weighted by molar-refractivity contribution is 0.210. The average molecular weight is 401 g/mol. The summed E-state index contributed by atoms with van der Waals surface area (Å²) in [6.07, 6.45) is 7.14. The molecular formula is C24H32O3S. The minimum Gasteiger partial charge on any atom is -0.490 e. The van der Waals surface area contributed by atoms with E-state index in [2.05, 4.69) is 18.2 Å². The quantitative estimate of drug-likeness (QED) is 0.616. The van der Waals surface area contributed by atoms with E-state index in [-0.39, 0.29) is 5.75 Å². The minimum absolute atomic E-state index is 0.0946. The van der Waals surface area contributed by atoms with E-state index in [4.69, 9.17) is 4.74 Å². The van der Waals surface area contributed by atoms with Gasteiger partial charge in [-0.05, 0) is 88.1 Å². The topological polar surface area (TPSA) is 43.4 Å². The largest absolute Gasteiger partial charge is 0.490 e. The summed E-state index contributed by atoms with van der Waals surface area (Å²) in [5.74, 6) is 1.07. The lowest BCUT2D eigenvalue weighted by Crippen LogP contribution is -2.29. The van der Waals surface area contributed by atoms with Gasteiger partial charge in [-0.15, -0.1) is 0 Å². The maximum Gasteiger partial charge on any atom is 0.159 e. The summed E-state index contributed by atoms with van der Waals surface area (Å²) in [5.41, 5.74) is 3.35. The number of hydrogen-bond donors (Lipinski definition) is 0. The molecule has 2 aromatic carbocycles. The summed E-state index contributed by atoms with van der Waals surface area (Å²) in [5, 5.41) is 0. The fourth-order valence-corrected chi connectivity index (χ4v) is 4.56. The van der Waals surface area contributed by atoms with Crippen LogP contribution in [0.3, 0.4) is 0 Å². The first-order chi connectivity index (χ1) is 13.2. The van der Waals surface area contributed by atoms with E-state index in [0.29, 0.717) is 6.10 Å². The van der Waals surface area contributed by atoms with Crippen LogP contribution < -0.4 is 4.74 Å².